The molecule has 0 spiro atoms. The van der Waals surface area contributed by atoms with Crippen molar-refractivity contribution in [1.82, 2.24) is 4.98 Å². The molecule has 1 saturated carbocycles. The molecule has 88 valence electrons. The Hall–Kier alpha value is -0.320. The molecule has 0 saturated heterocycles. The van der Waals surface area contributed by atoms with Crippen molar-refractivity contribution in [3.8, 4) is 0 Å². The summed E-state index contributed by atoms with van der Waals surface area (Å²) in [5.74, 6) is 1.35. The van der Waals surface area contributed by atoms with Gasteiger partial charge in [0, 0.05) is 12.7 Å². The van der Waals surface area contributed by atoms with Gasteiger partial charge in [-0.05, 0) is 47.2 Å². The molecule has 0 amide bonds. The smallest absolute Gasteiger partial charge is 0.140 e. The van der Waals surface area contributed by atoms with E-state index in [4.69, 9.17) is 11.6 Å². The molecule has 2 N–H and O–H groups in total. The normalized spacial score (nSPS) is 24.7. The summed E-state index contributed by atoms with van der Waals surface area (Å²) in [6.45, 7) is 0.851. The Labute approximate surface area is 108 Å². The zero-order chi connectivity index (χ0) is 11.5. The molecule has 0 aromatic carbocycles. The molecular weight excluding hydrogens is 291 g/mol. The van der Waals surface area contributed by atoms with Crippen molar-refractivity contribution in [3.05, 3.63) is 21.8 Å². The van der Waals surface area contributed by atoms with E-state index in [-0.39, 0.29) is 6.10 Å². The van der Waals surface area contributed by atoms with Crippen LogP contribution in [-0.2, 0) is 0 Å². The number of pyridine rings is 1. The largest absolute Gasteiger partial charge is 0.393 e. The Morgan fingerprint density at radius 3 is 3.00 bits per heavy atom. The molecule has 2 rings (SSSR count). The van der Waals surface area contributed by atoms with Crippen LogP contribution in [0.1, 0.15) is 19.3 Å². The second-order valence-corrected chi connectivity index (χ2v) is 5.49. The van der Waals surface area contributed by atoms with E-state index in [2.05, 4.69) is 26.2 Å². The van der Waals surface area contributed by atoms with Gasteiger partial charge < -0.3 is 10.4 Å². The van der Waals surface area contributed by atoms with Crippen LogP contribution >= 0.6 is 27.5 Å². The Balaban J connectivity index is 1.89. The maximum absolute atomic E-state index is 9.42. The molecular formula is C11H14BrClN2O. The van der Waals surface area contributed by atoms with Crippen molar-refractivity contribution in [1.29, 1.82) is 0 Å². The van der Waals surface area contributed by atoms with Crippen LogP contribution in [0.2, 0.25) is 5.02 Å². The second kappa shape index (κ2) is 5.34. The molecule has 16 heavy (non-hydrogen) atoms. The van der Waals surface area contributed by atoms with Crippen molar-refractivity contribution in [2.75, 3.05) is 11.9 Å². The fourth-order valence-corrected chi connectivity index (χ4v) is 2.80. The number of halogens is 2. The van der Waals surface area contributed by atoms with Gasteiger partial charge in [-0.25, -0.2) is 4.98 Å². The third kappa shape index (κ3) is 3.09. The van der Waals surface area contributed by atoms with E-state index in [1.54, 1.807) is 6.20 Å². The van der Waals surface area contributed by atoms with Crippen molar-refractivity contribution < 1.29 is 5.11 Å². The predicted octanol–water partition coefficient (Wildman–Crippen LogP) is 3.07. The Kier molecular flexibility index (Phi) is 4.05. The van der Waals surface area contributed by atoms with Gasteiger partial charge in [0.25, 0.3) is 0 Å². The number of rotatable bonds is 3. The number of aromatic nitrogens is 1. The average molecular weight is 306 g/mol. The number of nitrogens with one attached hydrogen (secondary N) is 1. The summed E-state index contributed by atoms with van der Waals surface area (Å²) >= 11 is 9.22. The van der Waals surface area contributed by atoms with Crippen LogP contribution in [0.15, 0.2) is 16.7 Å². The van der Waals surface area contributed by atoms with Gasteiger partial charge in [0.05, 0.1) is 15.6 Å². The van der Waals surface area contributed by atoms with Gasteiger partial charge in [0.15, 0.2) is 0 Å². The van der Waals surface area contributed by atoms with Crippen molar-refractivity contribution in [3.63, 3.8) is 0 Å². The first-order valence-electron chi connectivity index (χ1n) is 5.38. The lowest BCUT2D eigenvalue weighted by atomic mass is 10.1. The molecule has 1 aliphatic rings. The van der Waals surface area contributed by atoms with Gasteiger partial charge in [-0.3, -0.25) is 0 Å². The zero-order valence-corrected chi connectivity index (χ0v) is 11.1. The number of hydrogen-bond acceptors (Lipinski definition) is 3. The fourth-order valence-electron chi connectivity index (χ4n) is 2.02. The maximum atomic E-state index is 9.42. The average Bonchev–Trinajstić information content (AvgIpc) is 2.63. The van der Waals surface area contributed by atoms with Gasteiger partial charge in [0.2, 0.25) is 0 Å². The first-order valence-corrected chi connectivity index (χ1v) is 6.55. The summed E-state index contributed by atoms with van der Waals surface area (Å²) < 4.78 is 0.874. The van der Waals surface area contributed by atoms with Gasteiger partial charge in [0.1, 0.15) is 5.82 Å². The minimum Gasteiger partial charge on any atom is -0.393 e. The van der Waals surface area contributed by atoms with Gasteiger partial charge in [-0.2, -0.15) is 0 Å². The molecule has 0 bridgehead atoms. The predicted molar refractivity (Wildman–Crippen MR) is 68.8 cm³/mol. The quantitative estimate of drug-likeness (QED) is 0.902. The van der Waals surface area contributed by atoms with E-state index < -0.39 is 0 Å². The highest BCUT2D eigenvalue weighted by atomic mass is 79.9. The van der Waals surface area contributed by atoms with Gasteiger partial charge >= 0.3 is 0 Å². The van der Waals surface area contributed by atoms with Crippen LogP contribution in [-0.4, -0.2) is 22.7 Å². The number of aliphatic hydroxyl groups excluding tert-OH is 1. The van der Waals surface area contributed by atoms with Crippen LogP contribution in [0.3, 0.4) is 0 Å². The molecule has 2 unspecified atom stereocenters. The third-order valence-corrected chi connectivity index (χ3v) is 3.69. The summed E-state index contributed by atoms with van der Waals surface area (Å²) in [5, 5.41) is 13.3. The fraction of sp³-hybridized carbons (Fsp3) is 0.545. The number of nitrogens with zero attached hydrogens (tertiary/aromatic N) is 1. The lowest BCUT2D eigenvalue weighted by Gasteiger charge is -2.12. The van der Waals surface area contributed by atoms with Crippen LogP contribution < -0.4 is 5.32 Å². The summed E-state index contributed by atoms with van der Waals surface area (Å²) in [5.41, 5.74) is 0. The Morgan fingerprint density at radius 2 is 2.38 bits per heavy atom. The van der Waals surface area contributed by atoms with Crippen LogP contribution in [0.4, 0.5) is 5.82 Å². The first kappa shape index (κ1) is 12.1. The molecule has 1 aromatic heterocycles. The lowest BCUT2D eigenvalue weighted by molar-refractivity contribution is 0.178. The van der Waals surface area contributed by atoms with Crippen LogP contribution in [0, 0.1) is 5.92 Å². The van der Waals surface area contributed by atoms with Crippen molar-refractivity contribution >= 4 is 33.3 Å². The van der Waals surface area contributed by atoms with E-state index in [0.29, 0.717) is 10.9 Å². The molecule has 2 atom stereocenters. The van der Waals surface area contributed by atoms with E-state index in [1.807, 2.05) is 6.07 Å². The number of aliphatic hydroxyl groups is 1. The molecule has 5 heteroatoms. The minimum atomic E-state index is -0.117. The van der Waals surface area contributed by atoms with E-state index >= 15 is 0 Å². The minimum absolute atomic E-state index is 0.117. The highest BCUT2D eigenvalue weighted by molar-refractivity contribution is 9.10. The van der Waals surface area contributed by atoms with Crippen LogP contribution in [0.5, 0.6) is 0 Å². The molecule has 0 radical (unpaired) electrons. The first-order chi connectivity index (χ1) is 7.65. The van der Waals surface area contributed by atoms with E-state index in [9.17, 15) is 5.11 Å². The highest BCUT2D eigenvalue weighted by Gasteiger charge is 2.22. The van der Waals surface area contributed by atoms with Crippen molar-refractivity contribution in [2.45, 2.75) is 25.4 Å². The lowest BCUT2D eigenvalue weighted by Crippen LogP contribution is -2.13. The summed E-state index contributed by atoms with van der Waals surface area (Å²) in [6, 6.07) is 1.82. The summed E-state index contributed by atoms with van der Waals surface area (Å²) in [7, 11) is 0. The topological polar surface area (TPSA) is 45.1 Å². The van der Waals surface area contributed by atoms with Crippen LogP contribution in [0.25, 0.3) is 0 Å². The summed E-state index contributed by atoms with van der Waals surface area (Å²) in [4.78, 5) is 4.21. The maximum Gasteiger partial charge on any atom is 0.140 e. The SMILES string of the molecule is OC1CCC(CNc2ncc(Cl)cc2Br)C1. The summed E-state index contributed by atoms with van der Waals surface area (Å²) in [6.07, 6.45) is 4.39. The Morgan fingerprint density at radius 1 is 1.56 bits per heavy atom. The van der Waals surface area contributed by atoms with E-state index in [1.165, 1.54) is 0 Å². The number of hydrogen-bond donors (Lipinski definition) is 2. The molecule has 3 nitrogen and oxygen atoms in total. The van der Waals surface area contributed by atoms with Gasteiger partial charge in [-0.1, -0.05) is 11.6 Å². The molecule has 0 aliphatic heterocycles. The Bertz CT molecular complexity index is 375. The molecule has 1 heterocycles. The molecule has 1 aromatic rings. The van der Waals surface area contributed by atoms with Gasteiger partial charge in [-0.15, -0.1) is 0 Å². The van der Waals surface area contributed by atoms with E-state index in [0.717, 1.165) is 36.1 Å². The molecule has 1 aliphatic carbocycles. The second-order valence-electron chi connectivity index (χ2n) is 4.20. The molecule has 1 fully saturated rings. The monoisotopic (exact) mass is 304 g/mol. The highest BCUT2D eigenvalue weighted by Crippen LogP contribution is 2.27. The van der Waals surface area contributed by atoms with Crippen molar-refractivity contribution in [2.24, 2.45) is 5.92 Å². The standard InChI is InChI=1S/C11H14BrClN2O/c12-10-4-8(13)6-15-11(10)14-5-7-1-2-9(16)3-7/h4,6-7,9,16H,1-3,5H2,(H,14,15). The zero-order valence-electron chi connectivity index (χ0n) is 8.79. The number of anilines is 1. The third-order valence-electron chi connectivity index (χ3n) is 2.88.